The first-order chi connectivity index (χ1) is 6.07. The molecule has 0 radical (unpaired) electrons. The van der Waals surface area contributed by atoms with E-state index in [1.807, 2.05) is 0 Å². The number of fused-ring (bicyclic) bond motifs is 1. The van der Waals surface area contributed by atoms with Gasteiger partial charge in [0.25, 0.3) is 0 Å². The molecule has 0 fully saturated rings. The van der Waals surface area contributed by atoms with E-state index in [4.69, 9.17) is 0 Å². The molecule has 0 atom stereocenters. The summed E-state index contributed by atoms with van der Waals surface area (Å²) in [6.07, 6.45) is 0.387. The van der Waals surface area contributed by atoms with Crippen LogP contribution in [0.1, 0.15) is 5.56 Å². The van der Waals surface area contributed by atoms with Gasteiger partial charge in [-0.05, 0) is 18.1 Å². The van der Waals surface area contributed by atoms with Crippen molar-refractivity contribution in [1.82, 2.24) is 0 Å². The second-order valence-electron chi connectivity index (χ2n) is 2.85. The third-order valence-corrected chi connectivity index (χ3v) is 3.00. The maximum atomic E-state index is 12.7. The normalized spacial score (nSPS) is 18.8. The predicted octanol–water partition coefficient (Wildman–Crippen LogP) is 1.09. The highest BCUT2D eigenvalue weighted by Gasteiger charge is 2.22. The van der Waals surface area contributed by atoms with Crippen LogP contribution in [-0.4, -0.2) is 14.2 Å². The van der Waals surface area contributed by atoms with Crippen molar-refractivity contribution in [1.29, 1.82) is 0 Å². The summed E-state index contributed by atoms with van der Waals surface area (Å²) in [4.78, 5) is 0. The predicted molar refractivity (Wildman–Crippen MR) is 44.5 cm³/mol. The van der Waals surface area contributed by atoms with Crippen molar-refractivity contribution >= 4 is 10.1 Å². The van der Waals surface area contributed by atoms with Crippen molar-refractivity contribution in [3.63, 3.8) is 0 Å². The van der Waals surface area contributed by atoms with E-state index < -0.39 is 15.9 Å². The molecule has 3 nitrogen and oxygen atoms in total. The third-order valence-electron chi connectivity index (χ3n) is 1.87. The molecule has 0 saturated heterocycles. The summed E-state index contributed by atoms with van der Waals surface area (Å²) in [6.45, 7) is 0. The lowest BCUT2D eigenvalue weighted by atomic mass is 10.1. The zero-order chi connectivity index (χ0) is 9.47. The largest absolute Gasteiger partial charge is 0.382 e. The molecule has 13 heavy (non-hydrogen) atoms. The van der Waals surface area contributed by atoms with Crippen molar-refractivity contribution < 1.29 is 17.0 Å². The molecule has 0 amide bonds. The van der Waals surface area contributed by atoms with Gasteiger partial charge in [0, 0.05) is 6.07 Å². The lowest BCUT2D eigenvalue weighted by Gasteiger charge is -2.16. The molecule has 70 valence electrons. The second kappa shape index (κ2) is 2.70. The number of rotatable bonds is 0. The molecular weight excluding hydrogens is 195 g/mol. The molecule has 1 aliphatic heterocycles. The van der Waals surface area contributed by atoms with Crippen molar-refractivity contribution in [2.75, 3.05) is 5.75 Å². The Hall–Kier alpha value is -1.10. The van der Waals surface area contributed by atoms with Crippen LogP contribution in [0.5, 0.6) is 5.75 Å². The van der Waals surface area contributed by atoms with Crippen LogP contribution in [0.25, 0.3) is 0 Å². The van der Waals surface area contributed by atoms with Crippen LogP contribution in [0, 0.1) is 5.82 Å². The Morgan fingerprint density at radius 3 is 2.92 bits per heavy atom. The van der Waals surface area contributed by atoms with Gasteiger partial charge in [0.1, 0.15) is 11.6 Å². The van der Waals surface area contributed by atoms with Crippen LogP contribution in [0.2, 0.25) is 0 Å². The minimum absolute atomic E-state index is 0.0361. The molecule has 0 aliphatic carbocycles. The van der Waals surface area contributed by atoms with E-state index >= 15 is 0 Å². The van der Waals surface area contributed by atoms with Crippen LogP contribution >= 0.6 is 0 Å². The summed E-state index contributed by atoms with van der Waals surface area (Å²) >= 11 is 0. The molecular formula is C8H7FO3S. The second-order valence-corrected chi connectivity index (χ2v) is 4.54. The van der Waals surface area contributed by atoms with E-state index in [2.05, 4.69) is 4.18 Å². The summed E-state index contributed by atoms with van der Waals surface area (Å²) in [5.74, 6) is -0.409. The van der Waals surface area contributed by atoms with E-state index in [-0.39, 0.29) is 11.5 Å². The average molecular weight is 202 g/mol. The quantitative estimate of drug-likeness (QED) is 0.591. The van der Waals surface area contributed by atoms with Crippen molar-refractivity contribution in [2.24, 2.45) is 0 Å². The molecule has 0 bridgehead atoms. The highest BCUT2D eigenvalue weighted by atomic mass is 32.2. The lowest BCUT2D eigenvalue weighted by molar-refractivity contribution is 0.470. The Morgan fingerprint density at radius 2 is 2.15 bits per heavy atom. The van der Waals surface area contributed by atoms with Gasteiger partial charge in [-0.3, -0.25) is 0 Å². The SMILES string of the molecule is O=S1(=O)CCc2ccc(F)cc2O1. The molecule has 2 rings (SSSR count). The van der Waals surface area contributed by atoms with Gasteiger partial charge in [-0.25, -0.2) is 4.39 Å². The van der Waals surface area contributed by atoms with Crippen LogP contribution in [-0.2, 0) is 16.5 Å². The Kier molecular flexibility index (Phi) is 1.76. The first-order valence-corrected chi connectivity index (χ1v) is 5.35. The van der Waals surface area contributed by atoms with Gasteiger partial charge in [-0.1, -0.05) is 6.07 Å². The van der Waals surface area contributed by atoms with Crippen LogP contribution in [0.15, 0.2) is 18.2 Å². The van der Waals surface area contributed by atoms with E-state index in [1.54, 1.807) is 6.07 Å². The highest BCUT2D eigenvalue weighted by Crippen LogP contribution is 2.26. The fourth-order valence-corrected chi connectivity index (χ4v) is 2.21. The molecule has 0 unspecified atom stereocenters. The fourth-order valence-electron chi connectivity index (χ4n) is 1.23. The summed E-state index contributed by atoms with van der Waals surface area (Å²) in [5.41, 5.74) is 0.733. The van der Waals surface area contributed by atoms with E-state index in [0.717, 1.165) is 11.6 Å². The van der Waals surface area contributed by atoms with Gasteiger partial charge in [0.05, 0.1) is 5.75 Å². The highest BCUT2D eigenvalue weighted by molar-refractivity contribution is 7.87. The maximum Gasteiger partial charge on any atom is 0.309 e. The van der Waals surface area contributed by atoms with Gasteiger partial charge in [0.2, 0.25) is 0 Å². The molecule has 0 spiro atoms. The van der Waals surface area contributed by atoms with Crippen LogP contribution < -0.4 is 4.18 Å². The van der Waals surface area contributed by atoms with Gasteiger partial charge in [0.15, 0.2) is 0 Å². The average Bonchev–Trinajstić information content (AvgIpc) is 2.01. The molecule has 0 aromatic heterocycles. The van der Waals surface area contributed by atoms with Gasteiger partial charge >= 0.3 is 10.1 Å². The van der Waals surface area contributed by atoms with E-state index in [9.17, 15) is 12.8 Å². The van der Waals surface area contributed by atoms with Crippen molar-refractivity contribution in [3.8, 4) is 5.75 Å². The smallest absolute Gasteiger partial charge is 0.309 e. The Morgan fingerprint density at radius 1 is 1.38 bits per heavy atom. The topological polar surface area (TPSA) is 43.4 Å². The molecule has 1 aliphatic rings. The minimum Gasteiger partial charge on any atom is -0.382 e. The zero-order valence-corrected chi connectivity index (χ0v) is 7.47. The number of benzene rings is 1. The molecule has 5 heteroatoms. The zero-order valence-electron chi connectivity index (χ0n) is 6.66. The number of aryl methyl sites for hydroxylation is 1. The fraction of sp³-hybridized carbons (Fsp3) is 0.250. The van der Waals surface area contributed by atoms with Gasteiger partial charge in [-0.2, -0.15) is 8.42 Å². The van der Waals surface area contributed by atoms with Crippen LogP contribution in [0.3, 0.4) is 0 Å². The minimum atomic E-state index is -3.48. The molecule has 1 heterocycles. The Bertz CT molecular complexity index is 439. The Balaban J connectivity index is 2.50. The number of hydrogen-bond acceptors (Lipinski definition) is 3. The number of hydrogen-bond donors (Lipinski definition) is 0. The van der Waals surface area contributed by atoms with Gasteiger partial charge in [-0.15, -0.1) is 0 Å². The van der Waals surface area contributed by atoms with Crippen molar-refractivity contribution in [2.45, 2.75) is 6.42 Å². The summed E-state index contributed by atoms with van der Waals surface area (Å²) in [6, 6.07) is 3.92. The Labute approximate surface area is 75.3 Å². The lowest BCUT2D eigenvalue weighted by Crippen LogP contribution is -2.21. The summed E-state index contributed by atoms with van der Waals surface area (Å²) in [5, 5.41) is 0. The summed E-state index contributed by atoms with van der Waals surface area (Å²) < 4.78 is 39.3. The third kappa shape index (κ3) is 1.65. The van der Waals surface area contributed by atoms with E-state index in [1.165, 1.54) is 6.07 Å². The summed E-state index contributed by atoms with van der Waals surface area (Å²) in [7, 11) is -3.48. The maximum absolute atomic E-state index is 12.7. The van der Waals surface area contributed by atoms with Crippen molar-refractivity contribution in [3.05, 3.63) is 29.6 Å². The monoisotopic (exact) mass is 202 g/mol. The molecule has 0 N–H and O–H groups in total. The van der Waals surface area contributed by atoms with Crippen LogP contribution in [0.4, 0.5) is 4.39 Å². The molecule has 0 saturated carbocycles. The first kappa shape index (κ1) is 8.50. The van der Waals surface area contributed by atoms with E-state index in [0.29, 0.717) is 6.42 Å². The molecule has 1 aromatic rings. The number of halogens is 1. The standard InChI is InChI=1S/C8H7FO3S/c9-7-2-1-6-3-4-13(10,11)12-8(6)5-7/h1-2,5H,3-4H2. The van der Waals surface area contributed by atoms with Gasteiger partial charge < -0.3 is 4.18 Å². The first-order valence-electron chi connectivity index (χ1n) is 3.77. The molecule has 1 aromatic carbocycles.